The molecule has 1 aromatic rings. The second-order valence-electron chi connectivity index (χ2n) is 5.48. The van der Waals surface area contributed by atoms with Crippen LogP contribution in [-0.4, -0.2) is 45.4 Å². The number of nitrogens with one attached hydrogen (secondary N) is 1. The number of carbonyl (C=O) groups is 2. The van der Waals surface area contributed by atoms with Gasteiger partial charge in [-0.3, -0.25) is 18.7 Å². The number of aromatic nitrogens is 2. The number of rotatable bonds is 5. The number of carboxylic acids is 1. The smallest absolute Gasteiger partial charge is 0.331 e. The molecule has 2 heterocycles. The van der Waals surface area contributed by atoms with Crippen molar-refractivity contribution in [2.45, 2.75) is 25.4 Å². The van der Waals surface area contributed by atoms with Gasteiger partial charge in [-0.15, -0.1) is 0 Å². The van der Waals surface area contributed by atoms with Crippen molar-refractivity contribution in [3.63, 3.8) is 0 Å². The number of ether oxygens (including phenoxy) is 1. The van der Waals surface area contributed by atoms with Crippen LogP contribution in [0.4, 0.5) is 0 Å². The second kappa shape index (κ2) is 7.23. The van der Waals surface area contributed by atoms with E-state index in [0.717, 1.165) is 15.6 Å². The maximum atomic E-state index is 12.1. The van der Waals surface area contributed by atoms with Crippen molar-refractivity contribution >= 4 is 11.9 Å². The predicted molar refractivity (Wildman–Crippen MR) is 79.1 cm³/mol. The summed E-state index contributed by atoms with van der Waals surface area (Å²) < 4.78 is 7.17. The van der Waals surface area contributed by atoms with E-state index in [1.807, 2.05) is 0 Å². The van der Waals surface area contributed by atoms with E-state index in [4.69, 9.17) is 4.74 Å². The Balaban J connectivity index is 2.07. The van der Waals surface area contributed by atoms with E-state index in [0.29, 0.717) is 13.0 Å². The van der Waals surface area contributed by atoms with Gasteiger partial charge in [0.1, 0.15) is 12.6 Å². The molecule has 2 unspecified atom stereocenters. The monoisotopic (exact) mass is 325 g/mol. The molecule has 1 amide bonds. The van der Waals surface area contributed by atoms with E-state index >= 15 is 0 Å². The van der Waals surface area contributed by atoms with Gasteiger partial charge in [0, 0.05) is 31.8 Å². The van der Waals surface area contributed by atoms with Crippen molar-refractivity contribution in [2.75, 3.05) is 13.2 Å². The topological polar surface area (TPSA) is 120 Å². The zero-order valence-corrected chi connectivity index (χ0v) is 12.7. The molecule has 2 rings (SSSR count). The van der Waals surface area contributed by atoms with Crippen molar-refractivity contribution in [2.24, 2.45) is 13.0 Å². The number of carboxylic acid groups (broad SMARTS) is 1. The first-order valence-corrected chi connectivity index (χ1v) is 7.26. The predicted octanol–water partition coefficient (Wildman–Crippen LogP) is -1.46. The Morgan fingerprint density at radius 1 is 1.48 bits per heavy atom. The average Bonchev–Trinajstić information content (AvgIpc) is 2.54. The fraction of sp³-hybridized carbons (Fsp3) is 0.571. The first kappa shape index (κ1) is 16.9. The third-order valence-corrected chi connectivity index (χ3v) is 3.82. The van der Waals surface area contributed by atoms with Gasteiger partial charge in [0.2, 0.25) is 5.91 Å². The van der Waals surface area contributed by atoms with Gasteiger partial charge in [0.05, 0.1) is 6.61 Å². The molecule has 1 aliphatic heterocycles. The third-order valence-electron chi connectivity index (χ3n) is 3.82. The first-order valence-electron chi connectivity index (χ1n) is 7.26. The summed E-state index contributed by atoms with van der Waals surface area (Å²) in [5.41, 5.74) is -1.12. The zero-order valence-electron chi connectivity index (χ0n) is 12.7. The largest absolute Gasteiger partial charge is 0.480 e. The van der Waals surface area contributed by atoms with Crippen LogP contribution < -0.4 is 16.6 Å². The summed E-state index contributed by atoms with van der Waals surface area (Å²) in [5, 5.41) is 11.7. The summed E-state index contributed by atoms with van der Waals surface area (Å²) in [6, 6.07) is 0.101. The van der Waals surface area contributed by atoms with Crippen LogP contribution in [0.3, 0.4) is 0 Å². The van der Waals surface area contributed by atoms with Crippen LogP contribution in [0.5, 0.6) is 0 Å². The molecular weight excluding hydrogens is 306 g/mol. The highest BCUT2D eigenvalue weighted by Crippen LogP contribution is 2.17. The molecule has 9 heteroatoms. The maximum Gasteiger partial charge on any atom is 0.331 e. The van der Waals surface area contributed by atoms with Crippen molar-refractivity contribution in [1.29, 1.82) is 0 Å². The Morgan fingerprint density at radius 3 is 2.83 bits per heavy atom. The lowest BCUT2D eigenvalue weighted by molar-refractivity contribution is -0.145. The third kappa shape index (κ3) is 4.07. The number of carbonyl (C=O) groups excluding carboxylic acids is 1. The van der Waals surface area contributed by atoms with Gasteiger partial charge in [-0.25, -0.2) is 9.59 Å². The molecule has 0 aromatic carbocycles. The molecule has 126 valence electrons. The molecular formula is C14H19N3O6. The molecule has 0 bridgehead atoms. The van der Waals surface area contributed by atoms with E-state index in [-0.39, 0.29) is 19.1 Å². The lowest BCUT2D eigenvalue weighted by Crippen LogP contribution is -2.50. The zero-order chi connectivity index (χ0) is 17.0. The fourth-order valence-corrected chi connectivity index (χ4v) is 2.52. The Bertz CT molecular complexity index is 701. The van der Waals surface area contributed by atoms with Gasteiger partial charge < -0.3 is 15.2 Å². The molecule has 2 N–H and O–H groups in total. The normalized spacial score (nSPS) is 19.1. The highest BCUT2D eigenvalue weighted by molar-refractivity contribution is 5.83. The molecule has 0 spiro atoms. The fourth-order valence-electron chi connectivity index (χ4n) is 2.52. The Labute approximate surface area is 131 Å². The number of amides is 1. The Morgan fingerprint density at radius 2 is 2.22 bits per heavy atom. The molecule has 9 nitrogen and oxygen atoms in total. The Hall–Kier alpha value is -2.42. The summed E-state index contributed by atoms with van der Waals surface area (Å²) >= 11 is 0. The molecule has 0 saturated carbocycles. The minimum absolute atomic E-state index is 0.275. The molecule has 2 atom stereocenters. The molecule has 1 fully saturated rings. The van der Waals surface area contributed by atoms with Crippen molar-refractivity contribution in [3.05, 3.63) is 33.1 Å². The summed E-state index contributed by atoms with van der Waals surface area (Å²) in [6.07, 6.45) is 2.60. The molecule has 1 saturated heterocycles. The minimum Gasteiger partial charge on any atom is -0.480 e. The quantitative estimate of drug-likeness (QED) is 0.683. The summed E-state index contributed by atoms with van der Waals surface area (Å²) in [4.78, 5) is 46.6. The van der Waals surface area contributed by atoms with Gasteiger partial charge in [-0.1, -0.05) is 0 Å². The van der Waals surface area contributed by atoms with Crippen molar-refractivity contribution < 1.29 is 19.4 Å². The van der Waals surface area contributed by atoms with E-state index in [1.165, 1.54) is 19.3 Å². The lowest BCUT2D eigenvalue weighted by Gasteiger charge is -2.28. The van der Waals surface area contributed by atoms with Crippen molar-refractivity contribution in [3.8, 4) is 0 Å². The Kier molecular flexibility index (Phi) is 5.32. The number of aliphatic carboxylic acids is 1. The molecule has 0 aliphatic carbocycles. The van der Waals surface area contributed by atoms with Gasteiger partial charge in [-0.2, -0.15) is 0 Å². The summed E-state index contributed by atoms with van der Waals surface area (Å²) in [5.74, 6) is -2.05. The SMILES string of the molecule is Cn1c(=O)ccn(CC(=O)NC(C(=O)O)C2CCCOC2)c1=O. The van der Waals surface area contributed by atoms with E-state index < -0.39 is 29.2 Å². The van der Waals surface area contributed by atoms with E-state index in [2.05, 4.69) is 5.32 Å². The standard InChI is InChI=1S/C14H19N3O6/c1-16-11(19)4-5-17(14(16)22)7-10(18)15-12(13(20)21)9-3-2-6-23-8-9/h4-5,9,12H,2-3,6-8H2,1H3,(H,15,18)(H,20,21). The molecule has 1 aliphatic rings. The van der Waals surface area contributed by atoms with E-state index in [9.17, 15) is 24.3 Å². The van der Waals surface area contributed by atoms with Crippen LogP contribution in [0.15, 0.2) is 21.9 Å². The van der Waals surface area contributed by atoms with Crippen molar-refractivity contribution in [1.82, 2.24) is 14.5 Å². The minimum atomic E-state index is -1.14. The first-order chi connectivity index (χ1) is 10.9. The van der Waals surface area contributed by atoms with Gasteiger partial charge in [-0.05, 0) is 12.8 Å². The summed E-state index contributed by atoms with van der Waals surface area (Å²) in [7, 11) is 1.30. The number of hydrogen-bond acceptors (Lipinski definition) is 5. The maximum absolute atomic E-state index is 12.1. The van der Waals surface area contributed by atoms with Crippen LogP contribution in [0.1, 0.15) is 12.8 Å². The van der Waals surface area contributed by atoms with Crippen LogP contribution >= 0.6 is 0 Å². The average molecular weight is 325 g/mol. The highest BCUT2D eigenvalue weighted by atomic mass is 16.5. The second-order valence-corrected chi connectivity index (χ2v) is 5.48. The van der Waals surface area contributed by atoms with Crippen LogP contribution in [0.25, 0.3) is 0 Å². The van der Waals surface area contributed by atoms with E-state index in [1.54, 1.807) is 0 Å². The van der Waals surface area contributed by atoms with Crippen LogP contribution in [0.2, 0.25) is 0 Å². The number of hydrogen-bond donors (Lipinski definition) is 2. The lowest BCUT2D eigenvalue weighted by atomic mass is 9.93. The molecule has 23 heavy (non-hydrogen) atoms. The molecule has 0 radical (unpaired) electrons. The van der Waals surface area contributed by atoms with Gasteiger partial charge >= 0.3 is 11.7 Å². The van der Waals surface area contributed by atoms with Gasteiger partial charge in [0.25, 0.3) is 5.56 Å². The molecule has 1 aromatic heterocycles. The highest BCUT2D eigenvalue weighted by Gasteiger charge is 2.31. The van der Waals surface area contributed by atoms with Gasteiger partial charge in [0.15, 0.2) is 0 Å². The summed E-state index contributed by atoms with van der Waals surface area (Å²) in [6.45, 7) is 0.506. The van der Waals surface area contributed by atoms with Crippen LogP contribution in [0, 0.1) is 5.92 Å². The van der Waals surface area contributed by atoms with Crippen LogP contribution in [-0.2, 0) is 27.9 Å². The number of nitrogens with zero attached hydrogens (tertiary/aromatic N) is 2.